The highest BCUT2D eigenvalue weighted by Gasteiger charge is 2.07. The van der Waals surface area contributed by atoms with Gasteiger partial charge in [-0.05, 0) is 40.5 Å². The largest absolute Gasteiger partial charge is 0.382 e. The third-order valence-electron chi connectivity index (χ3n) is 2.09. The average molecular weight is 292 g/mol. The summed E-state index contributed by atoms with van der Waals surface area (Å²) in [5.41, 5.74) is 3.81. The molecule has 1 aromatic carbocycles. The van der Waals surface area contributed by atoms with Crippen molar-refractivity contribution in [1.29, 1.82) is 0 Å². The van der Waals surface area contributed by atoms with Crippen molar-refractivity contribution in [2.24, 2.45) is 0 Å². The van der Waals surface area contributed by atoms with Crippen molar-refractivity contribution in [1.82, 2.24) is 5.48 Å². The van der Waals surface area contributed by atoms with E-state index < -0.39 is 0 Å². The van der Waals surface area contributed by atoms with Gasteiger partial charge in [0.05, 0.1) is 23.7 Å². The summed E-state index contributed by atoms with van der Waals surface area (Å²) in [6.45, 7) is 2.95. The molecule has 0 aliphatic carbocycles. The van der Waals surface area contributed by atoms with E-state index in [1.807, 2.05) is 6.92 Å². The van der Waals surface area contributed by atoms with Gasteiger partial charge >= 0.3 is 0 Å². The second kappa shape index (κ2) is 6.96. The van der Waals surface area contributed by atoms with E-state index >= 15 is 0 Å². The van der Waals surface area contributed by atoms with E-state index in [0.717, 1.165) is 5.56 Å². The number of hydrogen-bond donors (Lipinski definition) is 1. The van der Waals surface area contributed by atoms with Gasteiger partial charge in [-0.1, -0.05) is 6.07 Å². The van der Waals surface area contributed by atoms with E-state index in [9.17, 15) is 4.39 Å². The lowest BCUT2D eigenvalue weighted by Crippen LogP contribution is -2.21. The Hall–Kier alpha value is -0.490. The molecule has 16 heavy (non-hydrogen) atoms. The van der Waals surface area contributed by atoms with Crippen molar-refractivity contribution in [3.63, 3.8) is 0 Å². The Kier molecular flexibility index (Phi) is 5.90. The van der Waals surface area contributed by atoms with Crippen LogP contribution in [0.3, 0.4) is 0 Å². The van der Waals surface area contributed by atoms with Gasteiger partial charge in [-0.3, -0.25) is 4.84 Å². The standard InChI is InChI=1S/C11H15BrFNO2/c1-8(14-16-6-5-15-2)9-3-4-11(13)10(12)7-9/h3-4,7-8,14H,5-6H2,1-2H3. The smallest absolute Gasteiger partial charge is 0.137 e. The predicted molar refractivity (Wildman–Crippen MR) is 63.5 cm³/mol. The fraction of sp³-hybridized carbons (Fsp3) is 0.455. The van der Waals surface area contributed by atoms with E-state index in [-0.39, 0.29) is 11.9 Å². The maximum atomic E-state index is 13.0. The number of ether oxygens (including phenoxy) is 1. The van der Waals surface area contributed by atoms with Crippen LogP contribution in [-0.2, 0) is 9.57 Å². The number of benzene rings is 1. The normalized spacial score (nSPS) is 12.8. The summed E-state index contributed by atoms with van der Waals surface area (Å²) in [7, 11) is 1.61. The van der Waals surface area contributed by atoms with Crippen LogP contribution in [0.1, 0.15) is 18.5 Å². The first-order valence-electron chi connectivity index (χ1n) is 4.96. The number of hydroxylamine groups is 1. The van der Waals surface area contributed by atoms with Crippen molar-refractivity contribution in [3.05, 3.63) is 34.1 Å². The Labute approximate surface area is 103 Å². The molecule has 0 saturated heterocycles. The molecule has 90 valence electrons. The van der Waals surface area contributed by atoms with Gasteiger partial charge in [0.1, 0.15) is 5.82 Å². The van der Waals surface area contributed by atoms with Crippen LogP contribution in [0, 0.1) is 5.82 Å². The first-order valence-corrected chi connectivity index (χ1v) is 5.75. The zero-order valence-electron chi connectivity index (χ0n) is 9.30. The molecule has 0 bridgehead atoms. The zero-order chi connectivity index (χ0) is 12.0. The van der Waals surface area contributed by atoms with E-state index in [4.69, 9.17) is 9.57 Å². The summed E-state index contributed by atoms with van der Waals surface area (Å²) in [5, 5.41) is 0. The lowest BCUT2D eigenvalue weighted by Gasteiger charge is -2.14. The Morgan fingerprint density at radius 1 is 1.44 bits per heavy atom. The van der Waals surface area contributed by atoms with Crippen molar-refractivity contribution in [2.45, 2.75) is 13.0 Å². The third-order valence-corrected chi connectivity index (χ3v) is 2.70. The van der Waals surface area contributed by atoms with Gasteiger partial charge in [-0.25, -0.2) is 4.39 Å². The van der Waals surface area contributed by atoms with Crippen LogP contribution in [-0.4, -0.2) is 20.3 Å². The van der Waals surface area contributed by atoms with Gasteiger partial charge in [-0.2, -0.15) is 5.48 Å². The van der Waals surface area contributed by atoms with Gasteiger partial charge < -0.3 is 4.74 Å². The van der Waals surface area contributed by atoms with Gasteiger partial charge in [0.15, 0.2) is 0 Å². The minimum Gasteiger partial charge on any atom is -0.382 e. The molecule has 0 spiro atoms. The number of hydrogen-bond acceptors (Lipinski definition) is 3. The van der Waals surface area contributed by atoms with Crippen molar-refractivity contribution >= 4 is 15.9 Å². The number of nitrogens with one attached hydrogen (secondary N) is 1. The Morgan fingerprint density at radius 2 is 2.19 bits per heavy atom. The molecular formula is C11H15BrFNO2. The molecule has 0 aliphatic rings. The molecule has 1 unspecified atom stereocenters. The molecule has 0 heterocycles. The summed E-state index contributed by atoms with van der Waals surface area (Å²) < 4.78 is 18.3. The van der Waals surface area contributed by atoms with Gasteiger partial charge in [0, 0.05) is 7.11 Å². The molecule has 0 aliphatic heterocycles. The van der Waals surface area contributed by atoms with E-state index in [1.54, 1.807) is 19.2 Å². The van der Waals surface area contributed by atoms with Crippen LogP contribution in [0.2, 0.25) is 0 Å². The summed E-state index contributed by atoms with van der Waals surface area (Å²) >= 11 is 3.14. The monoisotopic (exact) mass is 291 g/mol. The minimum absolute atomic E-state index is 0.00578. The number of rotatable bonds is 6. The molecule has 0 amide bonds. The molecule has 0 saturated carbocycles. The van der Waals surface area contributed by atoms with Crippen LogP contribution in [0.15, 0.2) is 22.7 Å². The fourth-order valence-electron chi connectivity index (χ4n) is 1.16. The zero-order valence-corrected chi connectivity index (χ0v) is 10.9. The van der Waals surface area contributed by atoms with Crippen LogP contribution in [0.25, 0.3) is 0 Å². The maximum absolute atomic E-state index is 13.0. The van der Waals surface area contributed by atoms with Gasteiger partial charge in [-0.15, -0.1) is 0 Å². The lowest BCUT2D eigenvalue weighted by atomic mass is 10.1. The first kappa shape index (κ1) is 13.6. The van der Waals surface area contributed by atoms with Gasteiger partial charge in [0.25, 0.3) is 0 Å². The van der Waals surface area contributed by atoms with Crippen molar-refractivity contribution < 1.29 is 14.0 Å². The fourth-order valence-corrected chi connectivity index (χ4v) is 1.56. The van der Waals surface area contributed by atoms with Gasteiger partial charge in [0.2, 0.25) is 0 Å². The summed E-state index contributed by atoms with van der Waals surface area (Å²) in [4.78, 5) is 5.18. The summed E-state index contributed by atoms with van der Waals surface area (Å²) in [6, 6.07) is 4.87. The van der Waals surface area contributed by atoms with E-state index in [0.29, 0.717) is 17.7 Å². The molecule has 1 N–H and O–H groups in total. The van der Waals surface area contributed by atoms with Crippen LogP contribution < -0.4 is 5.48 Å². The second-order valence-corrected chi connectivity index (χ2v) is 4.21. The quantitative estimate of drug-likeness (QED) is 0.646. The highest BCUT2D eigenvalue weighted by molar-refractivity contribution is 9.10. The molecule has 0 radical (unpaired) electrons. The molecular weight excluding hydrogens is 277 g/mol. The molecule has 3 nitrogen and oxygen atoms in total. The second-order valence-electron chi connectivity index (χ2n) is 3.35. The third kappa shape index (κ3) is 4.17. The highest BCUT2D eigenvalue weighted by Crippen LogP contribution is 2.21. The number of methoxy groups -OCH3 is 1. The molecule has 1 aromatic rings. The van der Waals surface area contributed by atoms with Crippen LogP contribution >= 0.6 is 15.9 Å². The minimum atomic E-state index is -0.267. The maximum Gasteiger partial charge on any atom is 0.137 e. The highest BCUT2D eigenvalue weighted by atomic mass is 79.9. The van der Waals surface area contributed by atoms with Crippen molar-refractivity contribution in [3.8, 4) is 0 Å². The Balaban J connectivity index is 2.46. The lowest BCUT2D eigenvalue weighted by molar-refractivity contribution is -0.00926. The average Bonchev–Trinajstić information content (AvgIpc) is 2.28. The molecule has 0 aromatic heterocycles. The topological polar surface area (TPSA) is 30.5 Å². The molecule has 5 heteroatoms. The Morgan fingerprint density at radius 3 is 2.81 bits per heavy atom. The molecule has 1 atom stereocenters. The predicted octanol–water partition coefficient (Wildman–Crippen LogP) is 2.82. The molecule has 0 fully saturated rings. The summed E-state index contributed by atoms with van der Waals surface area (Å²) in [5.74, 6) is -0.267. The Bertz CT molecular complexity index is 336. The van der Waals surface area contributed by atoms with Crippen molar-refractivity contribution in [2.75, 3.05) is 20.3 Å². The van der Waals surface area contributed by atoms with Crippen LogP contribution in [0.5, 0.6) is 0 Å². The summed E-state index contributed by atoms with van der Waals surface area (Å²) in [6.07, 6.45) is 0. The van der Waals surface area contributed by atoms with E-state index in [2.05, 4.69) is 21.4 Å². The first-order chi connectivity index (χ1) is 7.65. The van der Waals surface area contributed by atoms with Crippen LogP contribution in [0.4, 0.5) is 4.39 Å². The van der Waals surface area contributed by atoms with E-state index in [1.165, 1.54) is 6.07 Å². The number of halogens is 2. The SMILES string of the molecule is COCCONC(C)c1ccc(F)c(Br)c1. The molecule has 1 rings (SSSR count).